The third kappa shape index (κ3) is 13.0. The monoisotopic (exact) mass is 421 g/mol. The number of Topliss-reactive ketones (excluding diaryl/α,β-unsaturated/α-hetero) is 1. The number of amides is 2. The van der Waals surface area contributed by atoms with Crippen molar-refractivity contribution in [3.8, 4) is 0 Å². The molecule has 0 radical (unpaired) electrons. The molecule has 5 heteroatoms. The number of carbonyl (C=O) groups excluding carboxylic acids is 2. The van der Waals surface area contributed by atoms with Crippen molar-refractivity contribution in [1.29, 1.82) is 0 Å². The Hall–Kier alpha value is -1.36. The van der Waals surface area contributed by atoms with Gasteiger partial charge in [-0.25, -0.2) is 4.79 Å². The lowest BCUT2D eigenvalue weighted by Crippen LogP contribution is -2.64. The van der Waals surface area contributed by atoms with Crippen molar-refractivity contribution in [2.45, 2.75) is 135 Å². The lowest BCUT2D eigenvalue weighted by Gasteiger charge is -2.28. The Bertz CT molecular complexity index is 493. The molecule has 0 aliphatic carbocycles. The van der Waals surface area contributed by atoms with Crippen molar-refractivity contribution < 1.29 is 9.59 Å². The number of nitrogens with one attached hydrogen (secondary N) is 2. The number of urea groups is 1. The Labute approximate surface area is 185 Å². The first-order valence-corrected chi connectivity index (χ1v) is 12.7. The Morgan fingerprint density at radius 3 is 1.57 bits per heavy atom. The molecule has 0 saturated heterocycles. The maximum absolute atomic E-state index is 12.2. The zero-order valence-electron chi connectivity index (χ0n) is 19.5. The number of nitrogens with two attached hydrogens (primary N) is 1. The fourth-order valence-electron chi connectivity index (χ4n) is 4.07. The normalized spacial score (nSPS) is 18.3. The van der Waals surface area contributed by atoms with Gasteiger partial charge < -0.3 is 10.6 Å². The minimum Gasteiger partial charge on any atom is -0.315 e. The van der Waals surface area contributed by atoms with Crippen LogP contribution in [0, 0.1) is 0 Å². The van der Waals surface area contributed by atoms with Crippen molar-refractivity contribution >= 4 is 11.8 Å². The number of hydrogen-bond acceptors (Lipinski definition) is 3. The maximum atomic E-state index is 12.2. The molecule has 0 aromatic heterocycles. The first-order chi connectivity index (χ1) is 14.6. The molecule has 0 aromatic rings. The van der Waals surface area contributed by atoms with Gasteiger partial charge in [0.25, 0.3) is 0 Å². The molecule has 0 bridgehead atoms. The minimum atomic E-state index is -1.34. The first-order valence-electron chi connectivity index (χ1n) is 12.7. The predicted octanol–water partition coefficient (Wildman–Crippen LogP) is 6.47. The second-order valence-electron chi connectivity index (χ2n) is 8.98. The van der Waals surface area contributed by atoms with Crippen LogP contribution >= 0.6 is 0 Å². The lowest BCUT2D eigenvalue weighted by molar-refractivity contribution is -0.123. The van der Waals surface area contributed by atoms with Crippen LogP contribution in [-0.2, 0) is 4.79 Å². The number of hydrogen-bond donors (Lipinski definition) is 3. The number of ketones is 1. The average Bonchev–Trinajstić information content (AvgIpc) is 2.72. The molecule has 0 aromatic carbocycles. The van der Waals surface area contributed by atoms with E-state index in [2.05, 4.69) is 17.6 Å². The van der Waals surface area contributed by atoms with Crippen LogP contribution in [-0.4, -0.2) is 17.5 Å². The average molecular weight is 422 g/mol. The zero-order valence-corrected chi connectivity index (χ0v) is 19.5. The highest BCUT2D eigenvalue weighted by molar-refractivity contribution is 5.95. The van der Waals surface area contributed by atoms with Gasteiger partial charge in [0.1, 0.15) is 0 Å². The molecule has 0 fully saturated rings. The highest BCUT2D eigenvalue weighted by atomic mass is 16.2. The number of rotatable bonds is 20. The van der Waals surface area contributed by atoms with Gasteiger partial charge in [0.15, 0.2) is 11.4 Å². The van der Waals surface area contributed by atoms with Crippen molar-refractivity contribution in [1.82, 2.24) is 10.6 Å². The summed E-state index contributed by atoms with van der Waals surface area (Å²) in [7, 11) is 0. The largest absolute Gasteiger partial charge is 0.320 e. The van der Waals surface area contributed by atoms with Gasteiger partial charge in [-0.05, 0) is 12.5 Å². The van der Waals surface area contributed by atoms with E-state index < -0.39 is 11.7 Å². The van der Waals surface area contributed by atoms with Crippen LogP contribution in [0.2, 0.25) is 0 Å². The van der Waals surface area contributed by atoms with E-state index in [1.165, 1.54) is 115 Å². The predicted molar refractivity (Wildman–Crippen MR) is 126 cm³/mol. The van der Waals surface area contributed by atoms with E-state index in [1.807, 2.05) is 0 Å². The van der Waals surface area contributed by atoms with E-state index >= 15 is 0 Å². The van der Waals surface area contributed by atoms with Gasteiger partial charge in [-0.3, -0.25) is 10.5 Å². The summed E-state index contributed by atoms with van der Waals surface area (Å²) in [6, 6.07) is -0.425. The molecule has 4 N–H and O–H groups in total. The quantitative estimate of drug-likeness (QED) is 0.197. The topological polar surface area (TPSA) is 84.2 Å². The molecule has 30 heavy (non-hydrogen) atoms. The summed E-state index contributed by atoms with van der Waals surface area (Å²) in [5.41, 5.74) is 4.62. The van der Waals surface area contributed by atoms with Gasteiger partial charge in [0.2, 0.25) is 0 Å². The number of unbranched alkanes of at least 4 members (excludes halogenated alkanes) is 17. The Morgan fingerprint density at radius 1 is 0.767 bits per heavy atom. The molecule has 0 spiro atoms. The Morgan fingerprint density at radius 2 is 1.17 bits per heavy atom. The fourth-order valence-corrected chi connectivity index (χ4v) is 4.07. The Balaban J connectivity index is 1.81. The molecule has 1 aliphatic heterocycles. The molecule has 1 rings (SSSR count). The summed E-state index contributed by atoms with van der Waals surface area (Å²) < 4.78 is 0. The van der Waals surface area contributed by atoms with Crippen molar-refractivity contribution in [3.05, 3.63) is 12.3 Å². The van der Waals surface area contributed by atoms with Gasteiger partial charge >= 0.3 is 6.03 Å². The summed E-state index contributed by atoms with van der Waals surface area (Å²) >= 11 is 0. The highest BCUT2D eigenvalue weighted by Crippen LogP contribution is 2.15. The molecular weight excluding hydrogens is 374 g/mol. The van der Waals surface area contributed by atoms with E-state index in [0.717, 1.165) is 12.8 Å². The van der Waals surface area contributed by atoms with E-state index in [4.69, 9.17) is 5.73 Å². The van der Waals surface area contributed by atoms with Gasteiger partial charge in [-0.1, -0.05) is 116 Å². The molecule has 1 atom stereocenters. The van der Waals surface area contributed by atoms with Crippen LogP contribution < -0.4 is 16.4 Å². The highest BCUT2D eigenvalue weighted by Gasteiger charge is 2.34. The number of carbonyl (C=O) groups is 2. The van der Waals surface area contributed by atoms with Crippen LogP contribution in [0.4, 0.5) is 4.79 Å². The van der Waals surface area contributed by atoms with Crippen LogP contribution in [0.1, 0.15) is 129 Å². The van der Waals surface area contributed by atoms with Gasteiger partial charge in [0.05, 0.1) is 0 Å². The molecule has 0 saturated carbocycles. The van der Waals surface area contributed by atoms with Gasteiger partial charge in [-0.15, -0.1) is 0 Å². The van der Waals surface area contributed by atoms with Crippen molar-refractivity contribution in [2.75, 3.05) is 0 Å². The SMILES string of the molecule is CCCCCCCCCCCCCCCCCCCCC(=O)C1(N)C=CNC(=O)N1. The molecular formula is C25H47N3O2. The zero-order chi connectivity index (χ0) is 21.9. The van der Waals surface area contributed by atoms with Crippen molar-refractivity contribution in [2.24, 2.45) is 5.73 Å². The van der Waals surface area contributed by atoms with E-state index in [-0.39, 0.29) is 5.78 Å². The second-order valence-corrected chi connectivity index (χ2v) is 8.98. The summed E-state index contributed by atoms with van der Waals surface area (Å²) in [6.07, 6.45) is 27.2. The second kappa shape index (κ2) is 17.3. The summed E-state index contributed by atoms with van der Waals surface area (Å²) in [6.45, 7) is 2.28. The lowest BCUT2D eigenvalue weighted by atomic mass is 9.98. The molecule has 2 amide bonds. The van der Waals surface area contributed by atoms with Gasteiger partial charge in [-0.2, -0.15) is 0 Å². The summed E-state index contributed by atoms with van der Waals surface area (Å²) in [5, 5.41) is 4.95. The summed E-state index contributed by atoms with van der Waals surface area (Å²) in [5.74, 6) is -0.120. The van der Waals surface area contributed by atoms with E-state index in [9.17, 15) is 9.59 Å². The van der Waals surface area contributed by atoms with E-state index in [1.54, 1.807) is 0 Å². The van der Waals surface area contributed by atoms with Crippen molar-refractivity contribution in [3.63, 3.8) is 0 Å². The van der Waals surface area contributed by atoms with Crippen LogP contribution in [0.5, 0.6) is 0 Å². The van der Waals surface area contributed by atoms with Crippen LogP contribution in [0.25, 0.3) is 0 Å². The standard InChI is InChI=1S/C25H47N3O2/c1-2-3-4-5-6-7-8-9-10-11-12-13-14-15-16-17-18-19-20-23(29)25(26)21-22-27-24(30)28-25/h21-22H,2-20,26H2,1H3,(H2,27,28,30). The van der Waals surface area contributed by atoms with Crippen LogP contribution in [0.3, 0.4) is 0 Å². The molecule has 5 nitrogen and oxygen atoms in total. The summed E-state index contributed by atoms with van der Waals surface area (Å²) in [4.78, 5) is 23.5. The molecule has 1 unspecified atom stereocenters. The smallest absolute Gasteiger partial charge is 0.315 e. The first kappa shape index (κ1) is 26.7. The van der Waals surface area contributed by atoms with Crippen LogP contribution in [0.15, 0.2) is 12.3 Å². The van der Waals surface area contributed by atoms with E-state index in [0.29, 0.717) is 6.42 Å². The fraction of sp³-hybridized carbons (Fsp3) is 0.840. The molecule has 174 valence electrons. The molecule has 1 aliphatic rings. The van der Waals surface area contributed by atoms with Gasteiger partial charge in [0, 0.05) is 12.6 Å². The maximum Gasteiger partial charge on any atom is 0.320 e. The molecule has 1 heterocycles. The Kier molecular flexibility index (Phi) is 15.4. The minimum absolute atomic E-state index is 0.120. The third-order valence-corrected chi connectivity index (χ3v) is 6.10. The third-order valence-electron chi connectivity index (χ3n) is 6.10.